The predicted octanol–water partition coefficient (Wildman–Crippen LogP) is 1.77. The summed E-state index contributed by atoms with van der Waals surface area (Å²) in [5.74, 6) is -0.918. The van der Waals surface area contributed by atoms with Crippen LogP contribution in [0.3, 0.4) is 0 Å². The summed E-state index contributed by atoms with van der Waals surface area (Å²) in [6, 6.07) is 9.41. The van der Waals surface area contributed by atoms with Crippen molar-refractivity contribution in [3.8, 4) is 0 Å². The number of hydrogen-bond acceptors (Lipinski definition) is 2. The van der Waals surface area contributed by atoms with E-state index < -0.39 is 11.6 Å². The van der Waals surface area contributed by atoms with Crippen LogP contribution in [0, 0.1) is 0 Å². The maximum absolute atomic E-state index is 14.8. The smallest absolute Gasteiger partial charge is 0.262 e. The largest absolute Gasteiger partial charge is 0.339 e. The van der Waals surface area contributed by atoms with Gasteiger partial charge in [0.2, 0.25) is 11.6 Å². The Bertz CT molecular complexity index is 546. The van der Waals surface area contributed by atoms with Crippen molar-refractivity contribution in [2.24, 2.45) is 0 Å². The molecule has 4 nitrogen and oxygen atoms in total. The normalized spacial score (nSPS) is 21.1. The fourth-order valence-electron chi connectivity index (χ4n) is 2.54. The van der Waals surface area contributed by atoms with Gasteiger partial charge in [0.15, 0.2) is 0 Å². The van der Waals surface area contributed by atoms with E-state index in [4.69, 9.17) is 0 Å². The molecular weight excluding hydrogens is 271 g/mol. The average molecular weight is 290 g/mol. The first-order chi connectivity index (χ1) is 9.96. The van der Waals surface area contributed by atoms with Gasteiger partial charge in [0.05, 0.1) is 6.54 Å². The van der Waals surface area contributed by atoms with E-state index in [0.29, 0.717) is 6.54 Å². The highest BCUT2D eigenvalue weighted by Gasteiger charge is 2.47. The monoisotopic (exact) mass is 290 g/mol. The van der Waals surface area contributed by atoms with Crippen molar-refractivity contribution < 1.29 is 14.0 Å². The Morgan fingerprint density at radius 1 is 1.43 bits per heavy atom. The first-order valence-electron chi connectivity index (χ1n) is 6.86. The minimum absolute atomic E-state index is 0.0323. The van der Waals surface area contributed by atoms with Crippen molar-refractivity contribution in [2.45, 2.75) is 18.6 Å². The van der Waals surface area contributed by atoms with Crippen molar-refractivity contribution >= 4 is 11.8 Å². The van der Waals surface area contributed by atoms with Gasteiger partial charge in [-0.05, 0) is 11.6 Å². The predicted molar refractivity (Wildman–Crippen MR) is 78.1 cm³/mol. The van der Waals surface area contributed by atoms with Crippen LogP contribution in [-0.4, -0.2) is 47.4 Å². The Kier molecular flexibility index (Phi) is 4.40. The molecule has 1 aromatic rings. The lowest BCUT2D eigenvalue weighted by Crippen LogP contribution is -2.46. The third-order valence-electron chi connectivity index (χ3n) is 3.70. The molecule has 1 atom stereocenters. The van der Waals surface area contributed by atoms with E-state index in [1.807, 2.05) is 30.3 Å². The van der Waals surface area contributed by atoms with Gasteiger partial charge in [0, 0.05) is 26.6 Å². The molecule has 1 fully saturated rings. The van der Waals surface area contributed by atoms with Gasteiger partial charge in [-0.15, -0.1) is 0 Å². The van der Waals surface area contributed by atoms with Crippen LogP contribution in [0.4, 0.5) is 4.39 Å². The number of carbonyl (C=O) groups excluding carboxylic acids is 2. The van der Waals surface area contributed by atoms with Crippen LogP contribution in [0.15, 0.2) is 43.0 Å². The highest BCUT2D eigenvalue weighted by molar-refractivity contribution is 5.90. The third kappa shape index (κ3) is 3.29. The maximum atomic E-state index is 14.8. The molecule has 1 aromatic carbocycles. The summed E-state index contributed by atoms with van der Waals surface area (Å²) in [5.41, 5.74) is -1.06. The lowest BCUT2D eigenvalue weighted by atomic mass is 10.0. The van der Waals surface area contributed by atoms with Crippen LogP contribution < -0.4 is 0 Å². The molecule has 1 aliphatic rings. The molecule has 0 aromatic heterocycles. The average Bonchev–Trinajstić information content (AvgIpc) is 2.90. The van der Waals surface area contributed by atoms with Gasteiger partial charge in [-0.3, -0.25) is 9.59 Å². The second-order valence-corrected chi connectivity index (χ2v) is 5.33. The SMILES string of the molecule is C=CC(=O)N1CCC(F)(C(=O)N(C)Cc2ccccc2)C1. The van der Waals surface area contributed by atoms with E-state index in [9.17, 15) is 14.0 Å². The van der Waals surface area contributed by atoms with Crippen molar-refractivity contribution in [1.29, 1.82) is 0 Å². The second-order valence-electron chi connectivity index (χ2n) is 5.33. The highest BCUT2D eigenvalue weighted by Crippen LogP contribution is 2.28. The number of benzene rings is 1. The summed E-state index contributed by atoms with van der Waals surface area (Å²) in [4.78, 5) is 26.5. The molecule has 0 N–H and O–H groups in total. The first-order valence-corrected chi connectivity index (χ1v) is 6.86. The number of halogens is 1. The Morgan fingerprint density at radius 2 is 2.10 bits per heavy atom. The lowest BCUT2D eigenvalue weighted by Gasteiger charge is -2.26. The summed E-state index contributed by atoms with van der Waals surface area (Å²) in [6.45, 7) is 3.77. The quantitative estimate of drug-likeness (QED) is 0.793. The number of carbonyl (C=O) groups is 2. The number of amides is 2. The van der Waals surface area contributed by atoms with E-state index in [1.165, 1.54) is 9.80 Å². The lowest BCUT2D eigenvalue weighted by molar-refractivity contribution is -0.142. The van der Waals surface area contributed by atoms with Crippen LogP contribution >= 0.6 is 0 Å². The van der Waals surface area contributed by atoms with Gasteiger partial charge in [0.25, 0.3) is 5.91 Å². The number of hydrogen-bond donors (Lipinski definition) is 0. The van der Waals surface area contributed by atoms with E-state index in [1.54, 1.807) is 7.05 Å². The zero-order chi connectivity index (χ0) is 15.5. The summed E-state index contributed by atoms with van der Waals surface area (Å²) >= 11 is 0. The van der Waals surface area contributed by atoms with E-state index in [2.05, 4.69) is 6.58 Å². The third-order valence-corrected chi connectivity index (χ3v) is 3.70. The molecule has 1 heterocycles. The number of likely N-dealkylation sites (tertiary alicyclic amines) is 1. The Hall–Kier alpha value is -2.17. The molecule has 1 saturated heterocycles. The van der Waals surface area contributed by atoms with Gasteiger partial charge < -0.3 is 9.80 Å². The minimum atomic E-state index is -2.00. The Morgan fingerprint density at radius 3 is 2.71 bits per heavy atom. The number of alkyl halides is 1. The summed E-state index contributed by atoms with van der Waals surface area (Å²) in [7, 11) is 1.58. The van der Waals surface area contributed by atoms with E-state index >= 15 is 0 Å². The zero-order valence-corrected chi connectivity index (χ0v) is 12.1. The molecular formula is C16H19FN2O2. The Labute approximate surface area is 123 Å². The van der Waals surface area contributed by atoms with Crippen molar-refractivity contribution in [3.05, 3.63) is 48.6 Å². The van der Waals surface area contributed by atoms with Gasteiger partial charge in [-0.25, -0.2) is 4.39 Å². The zero-order valence-electron chi connectivity index (χ0n) is 12.1. The molecule has 0 aliphatic carbocycles. The van der Waals surface area contributed by atoms with Crippen molar-refractivity contribution in [2.75, 3.05) is 20.1 Å². The molecule has 2 rings (SSSR count). The van der Waals surface area contributed by atoms with E-state index in [0.717, 1.165) is 11.6 Å². The molecule has 5 heteroatoms. The standard InChI is InChI=1S/C16H19FN2O2/c1-3-14(20)19-10-9-16(17,12-19)15(21)18(2)11-13-7-5-4-6-8-13/h3-8H,1,9-12H2,2H3. The molecule has 0 spiro atoms. The van der Waals surface area contributed by atoms with Gasteiger partial charge in [0.1, 0.15) is 0 Å². The van der Waals surface area contributed by atoms with Gasteiger partial charge >= 0.3 is 0 Å². The molecule has 0 bridgehead atoms. The molecule has 1 aliphatic heterocycles. The number of nitrogens with zero attached hydrogens (tertiary/aromatic N) is 2. The van der Waals surface area contributed by atoms with Gasteiger partial charge in [-0.1, -0.05) is 36.9 Å². The fourth-order valence-corrected chi connectivity index (χ4v) is 2.54. The van der Waals surface area contributed by atoms with Crippen LogP contribution in [0.2, 0.25) is 0 Å². The summed E-state index contributed by atoms with van der Waals surface area (Å²) in [6.07, 6.45) is 1.18. The topological polar surface area (TPSA) is 40.6 Å². The molecule has 2 amide bonds. The summed E-state index contributed by atoms with van der Waals surface area (Å²) in [5, 5.41) is 0. The second kappa shape index (κ2) is 6.08. The maximum Gasteiger partial charge on any atom is 0.262 e. The summed E-state index contributed by atoms with van der Waals surface area (Å²) < 4.78 is 14.8. The minimum Gasteiger partial charge on any atom is -0.339 e. The first kappa shape index (κ1) is 15.2. The van der Waals surface area contributed by atoms with Gasteiger partial charge in [-0.2, -0.15) is 0 Å². The number of rotatable bonds is 4. The molecule has 0 radical (unpaired) electrons. The molecule has 21 heavy (non-hydrogen) atoms. The molecule has 112 valence electrons. The highest BCUT2D eigenvalue weighted by atomic mass is 19.1. The van der Waals surface area contributed by atoms with Crippen molar-refractivity contribution in [3.63, 3.8) is 0 Å². The Balaban J connectivity index is 2.02. The fraction of sp³-hybridized carbons (Fsp3) is 0.375. The molecule has 0 saturated carbocycles. The van der Waals surface area contributed by atoms with E-state index in [-0.39, 0.29) is 25.4 Å². The van der Waals surface area contributed by atoms with Crippen LogP contribution in [0.1, 0.15) is 12.0 Å². The van der Waals surface area contributed by atoms with Crippen LogP contribution in [-0.2, 0) is 16.1 Å². The molecule has 1 unspecified atom stereocenters. The van der Waals surface area contributed by atoms with Crippen LogP contribution in [0.25, 0.3) is 0 Å². The van der Waals surface area contributed by atoms with Crippen LogP contribution in [0.5, 0.6) is 0 Å². The van der Waals surface area contributed by atoms with Crippen molar-refractivity contribution in [1.82, 2.24) is 9.80 Å².